The zero-order chi connectivity index (χ0) is 10.7. The number of carbonyl (C=O) groups excluding carboxylic acids is 1. The van der Waals surface area contributed by atoms with E-state index in [-0.39, 0.29) is 0 Å². The third-order valence-corrected chi connectivity index (χ3v) is 2.76. The fraction of sp³-hybridized carbons (Fsp3) is 0.455. The van der Waals surface area contributed by atoms with E-state index in [1.807, 2.05) is 6.07 Å². The second kappa shape index (κ2) is 4.40. The summed E-state index contributed by atoms with van der Waals surface area (Å²) in [5, 5.41) is 0. The Morgan fingerprint density at radius 3 is 2.53 bits per heavy atom. The molecule has 0 unspecified atom stereocenters. The number of aldehydes is 1. The van der Waals surface area contributed by atoms with Crippen LogP contribution in [0.5, 0.6) is 0 Å². The van der Waals surface area contributed by atoms with E-state index in [9.17, 15) is 4.79 Å². The van der Waals surface area contributed by atoms with Gasteiger partial charge in [-0.25, -0.2) is 0 Å². The summed E-state index contributed by atoms with van der Waals surface area (Å²) < 4.78 is 0. The highest BCUT2D eigenvalue weighted by Crippen LogP contribution is 2.14. The van der Waals surface area contributed by atoms with Crippen LogP contribution < -0.4 is 4.90 Å². The maximum atomic E-state index is 10.5. The van der Waals surface area contributed by atoms with Crippen molar-refractivity contribution in [3.05, 3.63) is 24.0 Å². The van der Waals surface area contributed by atoms with Gasteiger partial charge in [0.25, 0.3) is 0 Å². The van der Waals surface area contributed by atoms with E-state index >= 15 is 0 Å². The summed E-state index contributed by atoms with van der Waals surface area (Å²) in [7, 11) is 2.13. The van der Waals surface area contributed by atoms with E-state index in [4.69, 9.17) is 0 Å². The molecule has 1 aliphatic rings. The average Bonchev–Trinajstić information content (AvgIpc) is 2.30. The Bertz CT molecular complexity index is 328. The number of aromatic nitrogens is 1. The third kappa shape index (κ3) is 2.33. The van der Waals surface area contributed by atoms with Crippen LogP contribution in [0.4, 0.5) is 5.69 Å². The topological polar surface area (TPSA) is 36.4 Å². The second-order valence-electron chi connectivity index (χ2n) is 3.85. The minimum atomic E-state index is 0.493. The van der Waals surface area contributed by atoms with E-state index in [1.165, 1.54) is 0 Å². The van der Waals surface area contributed by atoms with E-state index in [0.717, 1.165) is 38.2 Å². The van der Waals surface area contributed by atoms with Crippen LogP contribution >= 0.6 is 0 Å². The van der Waals surface area contributed by atoms with Crippen molar-refractivity contribution in [1.29, 1.82) is 0 Å². The summed E-state index contributed by atoms with van der Waals surface area (Å²) in [6, 6.07) is 3.72. The standard InChI is InChI=1S/C11H15N3O/c1-13-4-6-14(7-5-13)11-3-2-10(9-15)12-8-11/h2-3,8-9H,4-7H2,1H3. The van der Waals surface area contributed by atoms with Crippen molar-refractivity contribution >= 4 is 12.0 Å². The molecule has 0 saturated carbocycles. The lowest BCUT2D eigenvalue weighted by Crippen LogP contribution is -2.44. The number of carbonyl (C=O) groups is 1. The first-order chi connectivity index (χ1) is 7.29. The number of nitrogens with zero attached hydrogens (tertiary/aromatic N) is 3. The molecule has 4 heteroatoms. The van der Waals surface area contributed by atoms with Crippen LogP contribution in [0.1, 0.15) is 10.5 Å². The SMILES string of the molecule is CN1CCN(c2ccc(C=O)nc2)CC1. The Morgan fingerprint density at radius 1 is 1.27 bits per heavy atom. The maximum Gasteiger partial charge on any atom is 0.168 e. The van der Waals surface area contributed by atoms with Crippen molar-refractivity contribution in [2.45, 2.75) is 0 Å². The summed E-state index contributed by atoms with van der Waals surface area (Å²) in [5.74, 6) is 0. The largest absolute Gasteiger partial charge is 0.368 e. The quantitative estimate of drug-likeness (QED) is 0.664. The molecule has 2 rings (SSSR count). The average molecular weight is 205 g/mol. The number of rotatable bonds is 2. The molecule has 1 aromatic heterocycles. The van der Waals surface area contributed by atoms with Gasteiger partial charge in [0.2, 0.25) is 0 Å². The number of hydrogen-bond donors (Lipinski definition) is 0. The van der Waals surface area contributed by atoms with Gasteiger partial charge in [0.05, 0.1) is 11.9 Å². The normalized spacial score (nSPS) is 17.8. The molecule has 1 aliphatic heterocycles. The summed E-state index contributed by atoms with van der Waals surface area (Å²) in [6.07, 6.45) is 2.54. The van der Waals surface area contributed by atoms with Gasteiger partial charge in [0, 0.05) is 26.2 Å². The molecule has 0 spiro atoms. The number of piperazine rings is 1. The maximum absolute atomic E-state index is 10.5. The molecule has 15 heavy (non-hydrogen) atoms. The molecule has 0 aliphatic carbocycles. The first-order valence-electron chi connectivity index (χ1n) is 5.14. The van der Waals surface area contributed by atoms with Crippen LogP contribution in [0.25, 0.3) is 0 Å². The molecule has 1 aromatic rings. The zero-order valence-corrected chi connectivity index (χ0v) is 8.89. The van der Waals surface area contributed by atoms with E-state index in [1.54, 1.807) is 12.3 Å². The number of likely N-dealkylation sites (N-methyl/N-ethyl adjacent to an activating group) is 1. The van der Waals surface area contributed by atoms with Gasteiger partial charge in [0.1, 0.15) is 5.69 Å². The lowest BCUT2D eigenvalue weighted by molar-refractivity contribution is 0.111. The van der Waals surface area contributed by atoms with Crippen LogP contribution in [0.2, 0.25) is 0 Å². The van der Waals surface area contributed by atoms with Gasteiger partial charge in [-0.05, 0) is 19.2 Å². The molecule has 1 fully saturated rings. The molecule has 0 bridgehead atoms. The Labute approximate surface area is 89.5 Å². The molecule has 0 radical (unpaired) electrons. The molecule has 2 heterocycles. The van der Waals surface area contributed by atoms with Crippen LogP contribution in [0.15, 0.2) is 18.3 Å². The van der Waals surface area contributed by atoms with E-state index in [0.29, 0.717) is 5.69 Å². The summed E-state index contributed by atoms with van der Waals surface area (Å²) >= 11 is 0. The highest BCUT2D eigenvalue weighted by atomic mass is 16.1. The molecule has 0 amide bonds. The van der Waals surface area contributed by atoms with Crippen molar-refractivity contribution in [3.8, 4) is 0 Å². The van der Waals surface area contributed by atoms with Crippen molar-refractivity contribution < 1.29 is 4.79 Å². The monoisotopic (exact) mass is 205 g/mol. The predicted molar refractivity (Wildman–Crippen MR) is 59.3 cm³/mol. The first kappa shape index (κ1) is 10.1. The minimum absolute atomic E-state index is 0.493. The molecule has 0 atom stereocenters. The van der Waals surface area contributed by atoms with E-state index < -0.39 is 0 Å². The number of hydrogen-bond acceptors (Lipinski definition) is 4. The predicted octanol–water partition coefficient (Wildman–Crippen LogP) is 0.646. The molecule has 0 N–H and O–H groups in total. The Morgan fingerprint density at radius 2 is 2.00 bits per heavy atom. The lowest BCUT2D eigenvalue weighted by atomic mass is 10.2. The van der Waals surface area contributed by atoms with Gasteiger partial charge >= 0.3 is 0 Å². The summed E-state index contributed by atoms with van der Waals surface area (Å²) in [5.41, 5.74) is 1.60. The molecule has 1 saturated heterocycles. The van der Waals surface area contributed by atoms with E-state index in [2.05, 4.69) is 21.8 Å². The van der Waals surface area contributed by atoms with Gasteiger partial charge in [-0.1, -0.05) is 0 Å². The van der Waals surface area contributed by atoms with Gasteiger partial charge in [-0.2, -0.15) is 0 Å². The fourth-order valence-corrected chi connectivity index (χ4v) is 1.72. The first-order valence-corrected chi connectivity index (χ1v) is 5.14. The highest BCUT2D eigenvalue weighted by Gasteiger charge is 2.13. The fourth-order valence-electron chi connectivity index (χ4n) is 1.72. The Kier molecular flexibility index (Phi) is 2.97. The zero-order valence-electron chi connectivity index (χ0n) is 8.89. The summed E-state index contributed by atoms with van der Waals surface area (Å²) in [6.45, 7) is 4.21. The smallest absolute Gasteiger partial charge is 0.168 e. The van der Waals surface area contributed by atoms with Gasteiger partial charge in [-0.3, -0.25) is 9.78 Å². The highest BCUT2D eigenvalue weighted by molar-refractivity contribution is 5.72. The number of anilines is 1. The molecule has 80 valence electrons. The molecule has 0 aromatic carbocycles. The van der Waals surface area contributed by atoms with Gasteiger partial charge in [-0.15, -0.1) is 0 Å². The second-order valence-corrected chi connectivity index (χ2v) is 3.85. The van der Waals surface area contributed by atoms with Crippen molar-refractivity contribution in [3.63, 3.8) is 0 Å². The Balaban J connectivity index is 2.06. The Hall–Kier alpha value is -1.42. The molecular weight excluding hydrogens is 190 g/mol. The third-order valence-electron chi connectivity index (χ3n) is 2.76. The van der Waals surface area contributed by atoms with Crippen LogP contribution in [0, 0.1) is 0 Å². The van der Waals surface area contributed by atoms with Crippen molar-refractivity contribution in [1.82, 2.24) is 9.88 Å². The molecular formula is C11H15N3O. The van der Waals surface area contributed by atoms with Gasteiger partial charge < -0.3 is 9.80 Å². The molecule has 4 nitrogen and oxygen atoms in total. The van der Waals surface area contributed by atoms with Crippen molar-refractivity contribution in [2.75, 3.05) is 38.1 Å². The lowest BCUT2D eigenvalue weighted by Gasteiger charge is -2.33. The minimum Gasteiger partial charge on any atom is -0.368 e. The van der Waals surface area contributed by atoms with Crippen molar-refractivity contribution in [2.24, 2.45) is 0 Å². The number of pyridine rings is 1. The van der Waals surface area contributed by atoms with Crippen LogP contribution in [-0.2, 0) is 0 Å². The van der Waals surface area contributed by atoms with Gasteiger partial charge in [0.15, 0.2) is 6.29 Å². The van der Waals surface area contributed by atoms with Crippen LogP contribution in [-0.4, -0.2) is 49.4 Å². The van der Waals surface area contributed by atoms with Crippen LogP contribution in [0.3, 0.4) is 0 Å². The summed E-state index contributed by atoms with van der Waals surface area (Å²) in [4.78, 5) is 19.1.